The van der Waals surface area contributed by atoms with Gasteiger partial charge >= 0.3 is 6.09 Å². The lowest BCUT2D eigenvalue weighted by atomic mass is 9.88. The van der Waals surface area contributed by atoms with Gasteiger partial charge in [0.2, 0.25) is 0 Å². The number of benzene rings is 3. The number of hydrogen-bond acceptors (Lipinski definition) is 4. The Kier molecular flexibility index (Phi) is 6.18. The molecular formula is C33H38N4O2. The largest absolute Gasteiger partial charge is 0.444 e. The molecule has 6 heteroatoms. The zero-order chi connectivity index (χ0) is 27.4. The standard InChI is InChI=1S/C33H38N4O2/c1-32(2,3)39-31(38)35(5)22-25-23-37(28-17-11-9-15-26(25)28)33-19-20-34(4)30(33)36(21-24-13-7-6-8-14-24)29-18-12-10-16-27(29)33/h6-18,23,30H,19-22H2,1-5H3/t30-,33-/m0/s1. The van der Waals surface area contributed by atoms with Crippen molar-refractivity contribution in [3.8, 4) is 0 Å². The molecule has 1 aromatic heterocycles. The first kappa shape index (κ1) is 25.5. The molecule has 0 spiro atoms. The third-order valence-electron chi connectivity index (χ3n) is 8.20. The van der Waals surface area contributed by atoms with Crippen LogP contribution in [0.2, 0.25) is 0 Å². The average molecular weight is 523 g/mol. The third-order valence-corrected chi connectivity index (χ3v) is 8.20. The van der Waals surface area contributed by atoms with E-state index >= 15 is 0 Å². The minimum absolute atomic E-state index is 0.169. The van der Waals surface area contributed by atoms with Crippen molar-refractivity contribution >= 4 is 22.7 Å². The van der Waals surface area contributed by atoms with E-state index in [1.807, 2.05) is 27.8 Å². The Hall–Kier alpha value is -3.77. The van der Waals surface area contributed by atoms with E-state index in [-0.39, 0.29) is 17.8 Å². The van der Waals surface area contributed by atoms with Gasteiger partial charge in [0, 0.05) is 48.5 Å². The summed E-state index contributed by atoms with van der Waals surface area (Å²) in [6, 6.07) is 28.3. The van der Waals surface area contributed by atoms with Gasteiger partial charge in [0.15, 0.2) is 0 Å². The van der Waals surface area contributed by atoms with E-state index in [2.05, 4.69) is 106 Å². The Morgan fingerprint density at radius 3 is 2.46 bits per heavy atom. The van der Waals surface area contributed by atoms with Gasteiger partial charge in [-0.05, 0) is 57.5 Å². The summed E-state index contributed by atoms with van der Waals surface area (Å²) >= 11 is 0. The van der Waals surface area contributed by atoms with Gasteiger partial charge in [-0.15, -0.1) is 0 Å². The summed E-state index contributed by atoms with van der Waals surface area (Å²) in [6.07, 6.45) is 3.16. The number of aromatic nitrogens is 1. The monoisotopic (exact) mass is 522 g/mol. The Morgan fingerprint density at radius 1 is 1.00 bits per heavy atom. The van der Waals surface area contributed by atoms with Crippen molar-refractivity contribution in [2.24, 2.45) is 0 Å². The minimum Gasteiger partial charge on any atom is -0.444 e. The number of hydrogen-bond donors (Lipinski definition) is 0. The first-order chi connectivity index (χ1) is 18.7. The molecule has 3 heterocycles. The Balaban J connectivity index is 1.47. The molecule has 2 aliphatic heterocycles. The Labute approximate surface area is 231 Å². The zero-order valence-corrected chi connectivity index (χ0v) is 23.6. The Morgan fingerprint density at radius 2 is 1.69 bits per heavy atom. The van der Waals surface area contributed by atoms with Crippen LogP contribution in [-0.4, -0.2) is 52.9 Å². The topological polar surface area (TPSA) is 41.0 Å². The van der Waals surface area contributed by atoms with E-state index in [1.165, 1.54) is 27.7 Å². The molecule has 3 aromatic carbocycles. The van der Waals surface area contributed by atoms with Crippen LogP contribution in [0.4, 0.5) is 10.5 Å². The predicted molar refractivity (Wildman–Crippen MR) is 157 cm³/mol. The first-order valence-electron chi connectivity index (χ1n) is 13.8. The number of fused-ring (bicyclic) bond motifs is 4. The lowest BCUT2D eigenvalue weighted by Gasteiger charge is -2.38. The molecule has 1 saturated heterocycles. The van der Waals surface area contributed by atoms with Crippen LogP contribution in [0.3, 0.4) is 0 Å². The van der Waals surface area contributed by atoms with Crippen molar-refractivity contribution in [3.63, 3.8) is 0 Å². The second kappa shape index (κ2) is 9.45. The van der Waals surface area contributed by atoms with Gasteiger partial charge in [-0.2, -0.15) is 0 Å². The van der Waals surface area contributed by atoms with Crippen molar-refractivity contribution in [1.29, 1.82) is 0 Å². The molecule has 0 radical (unpaired) electrons. The fraction of sp³-hybridized carbons (Fsp3) is 0.364. The number of amides is 1. The van der Waals surface area contributed by atoms with Crippen LogP contribution in [-0.2, 0) is 23.4 Å². The molecule has 0 N–H and O–H groups in total. The number of carbonyl (C=O) groups is 1. The van der Waals surface area contributed by atoms with Gasteiger partial charge < -0.3 is 19.1 Å². The van der Waals surface area contributed by atoms with Crippen molar-refractivity contribution in [2.45, 2.75) is 57.6 Å². The molecule has 39 heavy (non-hydrogen) atoms. The highest BCUT2D eigenvalue weighted by Gasteiger charge is 2.57. The normalized spacial score (nSPS) is 20.7. The summed E-state index contributed by atoms with van der Waals surface area (Å²) in [5, 5.41) is 1.18. The first-order valence-corrected chi connectivity index (χ1v) is 13.8. The van der Waals surface area contributed by atoms with Gasteiger partial charge in [0.25, 0.3) is 0 Å². The fourth-order valence-electron chi connectivity index (χ4n) is 6.65. The van der Waals surface area contributed by atoms with E-state index in [1.54, 1.807) is 4.90 Å². The van der Waals surface area contributed by atoms with Crippen molar-refractivity contribution in [3.05, 3.63) is 102 Å². The highest BCUT2D eigenvalue weighted by atomic mass is 16.6. The summed E-state index contributed by atoms with van der Waals surface area (Å²) in [7, 11) is 4.07. The Bertz CT molecular complexity index is 1510. The van der Waals surface area contributed by atoms with Crippen LogP contribution >= 0.6 is 0 Å². The van der Waals surface area contributed by atoms with Crippen molar-refractivity contribution in [1.82, 2.24) is 14.4 Å². The van der Waals surface area contributed by atoms with Crippen LogP contribution in [0.1, 0.15) is 43.9 Å². The van der Waals surface area contributed by atoms with Crippen LogP contribution in [0, 0.1) is 0 Å². The maximum atomic E-state index is 12.9. The molecule has 202 valence electrons. The molecular weight excluding hydrogens is 484 g/mol. The average Bonchev–Trinajstić information content (AvgIpc) is 3.54. The summed E-state index contributed by atoms with van der Waals surface area (Å²) in [6.45, 7) is 8.04. The molecule has 2 atom stereocenters. The second-order valence-electron chi connectivity index (χ2n) is 12.0. The summed E-state index contributed by atoms with van der Waals surface area (Å²) in [5.41, 5.74) is 5.51. The molecule has 0 saturated carbocycles. The van der Waals surface area contributed by atoms with E-state index in [0.29, 0.717) is 6.54 Å². The van der Waals surface area contributed by atoms with Gasteiger partial charge in [0.05, 0.1) is 6.54 Å². The predicted octanol–water partition coefficient (Wildman–Crippen LogP) is 6.43. The molecule has 1 fully saturated rings. The molecule has 6 rings (SSSR count). The minimum atomic E-state index is -0.532. The number of likely N-dealkylation sites (N-methyl/N-ethyl adjacent to an activating group) is 1. The van der Waals surface area contributed by atoms with Gasteiger partial charge in [-0.25, -0.2) is 4.79 Å². The van der Waals surface area contributed by atoms with Crippen LogP contribution < -0.4 is 4.90 Å². The number of likely N-dealkylation sites (tertiary alicyclic amines) is 1. The smallest absolute Gasteiger partial charge is 0.410 e. The summed E-state index contributed by atoms with van der Waals surface area (Å²) in [4.78, 5) is 19.6. The van der Waals surface area contributed by atoms with Crippen molar-refractivity contribution < 1.29 is 9.53 Å². The van der Waals surface area contributed by atoms with E-state index in [0.717, 1.165) is 25.1 Å². The van der Waals surface area contributed by atoms with E-state index in [9.17, 15) is 4.79 Å². The maximum Gasteiger partial charge on any atom is 0.410 e. The molecule has 0 unspecified atom stereocenters. The molecule has 1 amide bonds. The fourth-order valence-corrected chi connectivity index (χ4v) is 6.65. The van der Waals surface area contributed by atoms with Crippen molar-refractivity contribution in [2.75, 3.05) is 25.5 Å². The third kappa shape index (κ3) is 4.27. The van der Waals surface area contributed by atoms with E-state index < -0.39 is 5.60 Å². The maximum absolute atomic E-state index is 12.9. The SMILES string of the molecule is CN(Cc1cn([C@]23CCN(C)[C@H]2N(Cc2ccccc2)c2ccccc23)c2ccccc12)C(=O)OC(C)(C)C. The van der Waals surface area contributed by atoms with Crippen LogP contribution in [0.5, 0.6) is 0 Å². The number of anilines is 1. The number of ether oxygens (including phenoxy) is 1. The lowest BCUT2D eigenvalue weighted by Crippen LogP contribution is -2.51. The highest BCUT2D eigenvalue weighted by Crippen LogP contribution is 2.54. The van der Waals surface area contributed by atoms with Gasteiger partial charge in [-0.1, -0.05) is 66.7 Å². The number of carbonyl (C=O) groups excluding carboxylic acids is 1. The van der Waals surface area contributed by atoms with Crippen LogP contribution in [0.25, 0.3) is 10.9 Å². The molecule has 0 aliphatic carbocycles. The summed E-state index contributed by atoms with van der Waals surface area (Å²) < 4.78 is 8.17. The highest BCUT2D eigenvalue weighted by molar-refractivity contribution is 5.85. The molecule has 4 aromatic rings. The van der Waals surface area contributed by atoms with Crippen LogP contribution in [0.15, 0.2) is 85.1 Å². The molecule has 6 nitrogen and oxygen atoms in total. The molecule has 0 bridgehead atoms. The summed E-state index contributed by atoms with van der Waals surface area (Å²) in [5.74, 6) is 0. The quantitative estimate of drug-likeness (QED) is 0.303. The van der Waals surface area contributed by atoms with Gasteiger partial charge in [-0.3, -0.25) is 4.90 Å². The second-order valence-corrected chi connectivity index (χ2v) is 12.0. The van der Waals surface area contributed by atoms with Gasteiger partial charge in [0.1, 0.15) is 17.3 Å². The lowest BCUT2D eigenvalue weighted by molar-refractivity contribution is 0.0285. The number of rotatable bonds is 5. The number of para-hydroxylation sites is 2. The van der Waals surface area contributed by atoms with E-state index in [4.69, 9.17) is 4.74 Å². The molecule has 2 aliphatic rings. The zero-order valence-electron chi connectivity index (χ0n) is 23.6. The number of nitrogens with zero attached hydrogens (tertiary/aromatic N) is 4.